The fraction of sp³-hybridized carbons (Fsp3) is 1.00. The second-order valence-electron chi connectivity index (χ2n) is 4.94. The van der Waals surface area contributed by atoms with Gasteiger partial charge < -0.3 is 4.48 Å². The predicted octanol–water partition coefficient (Wildman–Crippen LogP) is 1.25. The van der Waals surface area contributed by atoms with Crippen molar-refractivity contribution >= 4 is 0 Å². The molecule has 1 aliphatic carbocycles. The fourth-order valence-corrected chi connectivity index (χ4v) is 3.78. The first-order chi connectivity index (χ1) is 4.68. The van der Waals surface area contributed by atoms with Gasteiger partial charge in [-0.05, 0) is 0 Å². The summed E-state index contributed by atoms with van der Waals surface area (Å²) in [6.07, 6.45) is 3.10. The highest BCUT2D eigenvalue weighted by Crippen LogP contribution is 2.68. The SMILES string of the molecule is CC1C[N+]2(C)CCC23C[C@@H]13. The van der Waals surface area contributed by atoms with Crippen LogP contribution in [-0.4, -0.2) is 30.2 Å². The lowest BCUT2D eigenvalue weighted by Crippen LogP contribution is -2.62. The van der Waals surface area contributed by atoms with Gasteiger partial charge in [0.25, 0.3) is 0 Å². The van der Waals surface area contributed by atoms with E-state index in [9.17, 15) is 0 Å². The van der Waals surface area contributed by atoms with Crippen LogP contribution in [0.5, 0.6) is 0 Å². The summed E-state index contributed by atoms with van der Waals surface area (Å²) in [5.74, 6) is 2.17. The topological polar surface area (TPSA) is 0 Å². The van der Waals surface area contributed by atoms with E-state index < -0.39 is 0 Å². The molecule has 1 heteroatoms. The molecule has 1 saturated carbocycles. The van der Waals surface area contributed by atoms with Gasteiger partial charge in [-0.1, -0.05) is 6.92 Å². The van der Waals surface area contributed by atoms with Crippen LogP contribution in [0, 0.1) is 11.8 Å². The maximum Gasteiger partial charge on any atom is 0.109 e. The molecular formula is C9H16N+. The molecule has 3 aliphatic rings. The first kappa shape index (κ1) is 5.59. The Morgan fingerprint density at radius 1 is 1.50 bits per heavy atom. The molecule has 2 aliphatic heterocycles. The molecule has 10 heavy (non-hydrogen) atoms. The molecule has 3 fully saturated rings. The Morgan fingerprint density at radius 2 is 2.30 bits per heavy atom. The third kappa shape index (κ3) is 0.334. The molecule has 2 saturated heterocycles. The molecule has 2 heterocycles. The Bertz CT molecular complexity index is 197. The number of quaternary nitrogens is 1. The summed E-state index contributed by atoms with van der Waals surface area (Å²) < 4.78 is 1.44. The summed E-state index contributed by atoms with van der Waals surface area (Å²) in [5, 5.41) is 0. The first-order valence-electron chi connectivity index (χ1n) is 4.53. The van der Waals surface area contributed by atoms with Crippen molar-refractivity contribution in [2.24, 2.45) is 11.8 Å². The molecule has 3 rings (SSSR count). The third-order valence-corrected chi connectivity index (χ3v) is 4.59. The zero-order chi connectivity index (χ0) is 6.98. The molecule has 0 N–H and O–H groups in total. The van der Waals surface area contributed by atoms with Crippen LogP contribution >= 0.6 is 0 Å². The molecule has 0 aromatic heterocycles. The minimum atomic E-state index is 0.847. The second kappa shape index (κ2) is 1.18. The number of hydrogen-bond acceptors (Lipinski definition) is 0. The number of nitrogens with zero attached hydrogens (tertiary/aromatic N) is 1. The summed E-state index contributed by atoms with van der Waals surface area (Å²) in [7, 11) is 2.47. The smallest absolute Gasteiger partial charge is 0.109 e. The first-order valence-corrected chi connectivity index (χ1v) is 4.53. The third-order valence-electron chi connectivity index (χ3n) is 4.59. The van der Waals surface area contributed by atoms with Gasteiger partial charge in [0.1, 0.15) is 5.54 Å². The summed E-state index contributed by atoms with van der Waals surface area (Å²) in [4.78, 5) is 0. The van der Waals surface area contributed by atoms with Gasteiger partial charge in [-0.2, -0.15) is 0 Å². The largest absolute Gasteiger partial charge is 0.320 e. The van der Waals surface area contributed by atoms with E-state index in [1.165, 1.54) is 17.6 Å². The molecule has 4 atom stereocenters. The molecule has 0 aromatic rings. The van der Waals surface area contributed by atoms with E-state index in [4.69, 9.17) is 0 Å². The Kier molecular flexibility index (Phi) is 0.658. The lowest BCUT2D eigenvalue weighted by Gasteiger charge is -2.48. The Balaban J connectivity index is 2.03. The summed E-state index contributed by atoms with van der Waals surface area (Å²) >= 11 is 0. The lowest BCUT2D eigenvalue weighted by atomic mass is 9.97. The van der Waals surface area contributed by atoms with Gasteiger partial charge in [0, 0.05) is 18.3 Å². The van der Waals surface area contributed by atoms with Crippen molar-refractivity contribution in [3.05, 3.63) is 0 Å². The van der Waals surface area contributed by atoms with E-state index in [1.807, 2.05) is 0 Å². The maximum atomic E-state index is 2.47. The van der Waals surface area contributed by atoms with Crippen molar-refractivity contribution in [1.82, 2.24) is 0 Å². The van der Waals surface area contributed by atoms with Crippen molar-refractivity contribution in [2.45, 2.75) is 25.3 Å². The number of hydrogen-bond donors (Lipinski definition) is 0. The van der Waals surface area contributed by atoms with Gasteiger partial charge in [-0.25, -0.2) is 0 Å². The van der Waals surface area contributed by atoms with Crippen molar-refractivity contribution in [2.75, 3.05) is 20.1 Å². The van der Waals surface area contributed by atoms with Crippen LogP contribution in [0.1, 0.15) is 19.8 Å². The van der Waals surface area contributed by atoms with Crippen LogP contribution in [0.15, 0.2) is 0 Å². The highest BCUT2D eigenvalue weighted by molar-refractivity contribution is 5.15. The second-order valence-corrected chi connectivity index (χ2v) is 4.94. The highest BCUT2D eigenvalue weighted by Gasteiger charge is 2.78. The van der Waals surface area contributed by atoms with Crippen molar-refractivity contribution in [1.29, 1.82) is 0 Å². The Hall–Kier alpha value is -0.0400. The van der Waals surface area contributed by atoms with Gasteiger partial charge >= 0.3 is 0 Å². The summed E-state index contributed by atoms with van der Waals surface area (Å²) in [6.45, 7) is 5.40. The fourth-order valence-electron chi connectivity index (χ4n) is 3.78. The van der Waals surface area contributed by atoms with Crippen molar-refractivity contribution in [3.63, 3.8) is 0 Å². The average Bonchev–Trinajstić information content (AvgIpc) is 2.57. The average molecular weight is 138 g/mol. The van der Waals surface area contributed by atoms with Crippen molar-refractivity contribution < 1.29 is 4.48 Å². The molecule has 56 valence electrons. The van der Waals surface area contributed by atoms with E-state index in [0.717, 1.165) is 17.4 Å². The Morgan fingerprint density at radius 3 is 2.50 bits per heavy atom. The van der Waals surface area contributed by atoms with Crippen LogP contribution in [0.25, 0.3) is 0 Å². The van der Waals surface area contributed by atoms with Gasteiger partial charge in [-0.3, -0.25) is 0 Å². The molecule has 1 nitrogen and oxygen atoms in total. The number of piperidine rings is 1. The van der Waals surface area contributed by atoms with Crippen LogP contribution in [0.3, 0.4) is 0 Å². The van der Waals surface area contributed by atoms with Crippen LogP contribution in [0.4, 0.5) is 0 Å². The minimum Gasteiger partial charge on any atom is -0.320 e. The molecule has 3 unspecified atom stereocenters. The molecule has 0 radical (unpaired) electrons. The molecule has 0 aromatic carbocycles. The van der Waals surface area contributed by atoms with Crippen LogP contribution in [-0.2, 0) is 0 Å². The minimum absolute atomic E-state index is 0.847. The quantitative estimate of drug-likeness (QED) is 0.442. The van der Waals surface area contributed by atoms with E-state index in [0.29, 0.717) is 0 Å². The highest BCUT2D eigenvalue weighted by atomic mass is 15.5. The summed E-state index contributed by atoms with van der Waals surface area (Å²) in [5.41, 5.74) is 0.847. The molecule has 0 amide bonds. The maximum absolute atomic E-state index is 2.47. The lowest BCUT2D eigenvalue weighted by molar-refractivity contribution is -0.977. The molecular weight excluding hydrogens is 122 g/mol. The van der Waals surface area contributed by atoms with E-state index in [1.54, 1.807) is 12.8 Å². The van der Waals surface area contributed by atoms with Crippen LogP contribution in [0.2, 0.25) is 0 Å². The van der Waals surface area contributed by atoms with Crippen molar-refractivity contribution in [3.8, 4) is 0 Å². The van der Waals surface area contributed by atoms with E-state index in [-0.39, 0.29) is 0 Å². The van der Waals surface area contributed by atoms with E-state index >= 15 is 0 Å². The predicted molar refractivity (Wildman–Crippen MR) is 40.5 cm³/mol. The summed E-state index contributed by atoms with van der Waals surface area (Å²) in [6, 6.07) is 0. The van der Waals surface area contributed by atoms with Gasteiger partial charge in [0.05, 0.1) is 26.6 Å². The zero-order valence-corrected chi connectivity index (χ0v) is 6.93. The zero-order valence-electron chi connectivity index (χ0n) is 6.93. The number of rotatable bonds is 0. The molecule has 0 bridgehead atoms. The standard InChI is InChI=1S/C9H16N/c1-7-6-10(2)4-3-9(10)5-8(7)9/h7-8H,3-6H2,1-2H3/q+1/t7?,8-,9?,10?/m0/s1. The normalized spacial score (nSPS) is 70.2. The van der Waals surface area contributed by atoms with Gasteiger partial charge in [-0.15, -0.1) is 0 Å². The van der Waals surface area contributed by atoms with Gasteiger partial charge in [0.2, 0.25) is 0 Å². The molecule has 1 spiro atoms. The van der Waals surface area contributed by atoms with E-state index in [2.05, 4.69) is 14.0 Å². The van der Waals surface area contributed by atoms with Crippen LogP contribution < -0.4 is 0 Å². The Labute approximate surface area is 62.6 Å². The monoisotopic (exact) mass is 138 g/mol. The van der Waals surface area contributed by atoms with Gasteiger partial charge in [0.15, 0.2) is 0 Å².